The summed E-state index contributed by atoms with van der Waals surface area (Å²) in [7, 11) is 1.24. The summed E-state index contributed by atoms with van der Waals surface area (Å²) in [5.41, 5.74) is 0. The quantitative estimate of drug-likeness (QED) is 0.382. The van der Waals surface area contributed by atoms with E-state index in [4.69, 9.17) is 10.2 Å². The second kappa shape index (κ2) is 3.17. The topological polar surface area (TPSA) is 78.8 Å². The highest BCUT2D eigenvalue weighted by molar-refractivity contribution is 5.77. The highest BCUT2D eigenvalue weighted by Crippen LogP contribution is 2.08. The molecule has 5 heteroatoms. The van der Waals surface area contributed by atoms with E-state index in [-0.39, 0.29) is 6.54 Å². The van der Waals surface area contributed by atoms with Gasteiger partial charge in [0.05, 0.1) is 13.2 Å². The van der Waals surface area contributed by atoms with Crippen molar-refractivity contribution in [3.63, 3.8) is 0 Å². The fourth-order valence-corrected chi connectivity index (χ4v) is 1.06. The smallest absolute Gasteiger partial charge is 0.325 e. The van der Waals surface area contributed by atoms with E-state index < -0.39 is 24.2 Å². The number of carbonyl (C=O) groups is 1. The lowest BCUT2D eigenvalue weighted by Crippen LogP contribution is -2.40. The number of methoxy groups -OCH3 is 1. The van der Waals surface area contributed by atoms with Crippen molar-refractivity contribution in [1.29, 1.82) is 0 Å². The van der Waals surface area contributed by atoms with Crippen LogP contribution in [0.15, 0.2) is 0 Å². The Bertz CT molecular complexity index is 161. The number of carbonyl (C=O) groups excluding carboxylic acids is 1. The number of hydrogen-bond donors (Lipinski definition) is 3. The Hall–Kier alpha value is -0.650. The number of β-amino-alcohol motifs (C(OH)–C–C–N with tert-alkyl or cyclic N) is 1. The fraction of sp³-hybridized carbons (Fsp3) is 0.833. The van der Waals surface area contributed by atoms with Gasteiger partial charge in [0, 0.05) is 6.54 Å². The molecular formula is C6H11NO4. The molecule has 3 atom stereocenters. The van der Waals surface area contributed by atoms with Crippen LogP contribution in [-0.2, 0) is 9.53 Å². The molecule has 11 heavy (non-hydrogen) atoms. The molecular weight excluding hydrogens is 150 g/mol. The van der Waals surface area contributed by atoms with Gasteiger partial charge in [-0.1, -0.05) is 0 Å². The Kier molecular flexibility index (Phi) is 2.43. The Morgan fingerprint density at radius 3 is 2.64 bits per heavy atom. The van der Waals surface area contributed by atoms with Gasteiger partial charge in [0.25, 0.3) is 0 Å². The first kappa shape index (κ1) is 8.45. The minimum atomic E-state index is -1.05. The Balaban J connectivity index is 2.54. The van der Waals surface area contributed by atoms with E-state index in [9.17, 15) is 4.79 Å². The first-order chi connectivity index (χ1) is 5.16. The number of rotatable bonds is 1. The van der Waals surface area contributed by atoms with Gasteiger partial charge in [-0.15, -0.1) is 0 Å². The monoisotopic (exact) mass is 161 g/mol. The van der Waals surface area contributed by atoms with Gasteiger partial charge >= 0.3 is 5.97 Å². The van der Waals surface area contributed by atoms with Gasteiger partial charge in [-0.3, -0.25) is 10.1 Å². The maximum atomic E-state index is 10.8. The van der Waals surface area contributed by atoms with E-state index >= 15 is 0 Å². The van der Waals surface area contributed by atoms with Crippen LogP contribution in [0.2, 0.25) is 0 Å². The van der Waals surface area contributed by atoms with Crippen molar-refractivity contribution in [2.45, 2.75) is 18.2 Å². The van der Waals surface area contributed by atoms with Gasteiger partial charge in [0.1, 0.15) is 12.1 Å². The van der Waals surface area contributed by atoms with Crippen molar-refractivity contribution in [2.75, 3.05) is 13.7 Å². The predicted octanol–water partition coefficient (Wildman–Crippen LogP) is -2.15. The van der Waals surface area contributed by atoms with Crippen molar-refractivity contribution >= 4 is 5.97 Å². The van der Waals surface area contributed by atoms with Crippen molar-refractivity contribution in [3.8, 4) is 0 Å². The Labute approximate surface area is 64.0 Å². The summed E-state index contributed by atoms with van der Waals surface area (Å²) in [5, 5.41) is 20.8. The molecule has 0 aromatic carbocycles. The summed E-state index contributed by atoms with van der Waals surface area (Å²) in [6, 6.07) is -0.782. The largest absolute Gasteiger partial charge is 0.468 e. The summed E-state index contributed by atoms with van der Waals surface area (Å²) >= 11 is 0. The molecule has 0 amide bonds. The first-order valence-electron chi connectivity index (χ1n) is 3.34. The molecule has 1 heterocycles. The van der Waals surface area contributed by atoms with Crippen LogP contribution in [0, 0.1) is 0 Å². The number of esters is 1. The van der Waals surface area contributed by atoms with Crippen LogP contribution < -0.4 is 5.32 Å². The molecule has 1 aliphatic rings. The summed E-state index contributed by atoms with van der Waals surface area (Å²) in [4.78, 5) is 10.8. The molecule has 0 saturated carbocycles. The third kappa shape index (κ3) is 1.50. The van der Waals surface area contributed by atoms with E-state index in [0.29, 0.717) is 0 Å². The van der Waals surface area contributed by atoms with E-state index in [1.807, 2.05) is 0 Å². The maximum Gasteiger partial charge on any atom is 0.325 e. The average molecular weight is 161 g/mol. The molecule has 0 spiro atoms. The fourth-order valence-electron chi connectivity index (χ4n) is 1.06. The van der Waals surface area contributed by atoms with E-state index in [1.54, 1.807) is 0 Å². The predicted molar refractivity (Wildman–Crippen MR) is 35.8 cm³/mol. The number of nitrogens with one attached hydrogen (secondary N) is 1. The zero-order valence-corrected chi connectivity index (χ0v) is 6.15. The van der Waals surface area contributed by atoms with Crippen molar-refractivity contribution in [1.82, 2.24) is 5.32 Å². The minimum absolute atomic E-state index is 0.223. The average Bonchev–Trinajstić information content (AvgIpc) is 2.32. The Morgan fingerprint density at radius 2 is 2.27 bits per heavy atom. The number of aliphatic hydroxyl groups is 2. The normalized spacial score (nSPS) is 37.2. The van der Waals surface area contributed by atoms with E-state index in [2.05, 4.69) is 10.1 Å². The SMILES string of the molecule is COC(=O)[C@H]1NC[C@@H](O)[C@@H]1O. The molecule has 5 nitrogen and oxygen atoms in total. The molecule has 1 fully saturated rings. The molecule has 0 unspecified atom stereocenters. The summed E-state index contributed by atoms with van der Waals surface area (Å²) in [6.07, 6.45) is -1.93. The molecule has 1 saturated heterocycles. The molecule has 0 aliphatic carbocycles. The Morgan fingerprint density at radius 1 is 1.64 bits per heavy atom. The lowest BCUT2D eigenvalue weighted by Gasteiger charge is -2.12. The molecule has 64 valence electrons. The number of aliphatic hydroxyl groups excluding tert-OH is 2. The molecule has 1 aliphatic heterocycles. The summed E-state index contributed by atoms with van der Waals surface area (Å²) < 4.78 is 4.38. The van der Waals surface area contributed by atoms with E-state index in [1.165, 1.54) is 7.11 Å². The van der Waals surface area contributed by atoms with Gasteiger partial charge in [0.2, 0.25) is 0 Å². The first-order valence-corrected chi connectivity index (χ1v) is 3.34. The van der Waals surface area contributed by atoms with Crippen LogP contribution in [-0.4, -0.2) is 48.1 Å². The van der Waals surface area contributed by atoms with Crippen molar-refractivity contribution < 1.29 is 19.7 Å². The zero-order chi connectivity index (χ0) is 8.43. The van der Waals surface area contributed by atoms with Crippen LogP contribution >= 0.6 is 0 Å². The molecule has 3 N–H and O–H groups in total. The highest BCUT2D eigenvalue weighted by Gasteiger charge is 2.38. The maximum absolute atomic E-state index is 10.8. The molecule has 0 aromatic heterocycles. The van der Waals surface area contributed by atoms with Crippen LogP contribution in [0.3, 0.4) is 0 Å². The molecule has 0 bridgehead atoms. The second-order valence-corrected chi connectivity index (χ2v) is 2.47. The molecule has 1 rings (SSSR count). The van der Waals surface area contributed by atoms with E-state index in [0.717, 1.165) is 0 Å². The molecule has 0 radical (unpaired) electrons. The number of hydrogen-bond acceptors (Lipinski definition) is 5. The van der Waals surface area contributed by atoms with Crippen molar-refractivity contribution in [2.24, 2.45) is 0 Å². The lowest BCUT2D eigenvalue weighted by molar-refractivity contribution is -0.145. The highest BCUT2D eigenvalue weighted by atomic mass is 16.5. The third-order valence-corrected chi connectivity index (χ3v) is 1.74. The van der Waals surface area contributed by atoms with Crippen molar-refractivity contribution in [3.05, 3.63) is 0 Å². The lowest BCUT2D eigenvalue weighted by atomic mass is 10.1. The minimum Gasteiger partial charge on any atom is -0.468 e. The van der Waals surface area contributed by atoms with Crippen LogP contribution in [0.4, 0.5) is 0 Å². The summed E-state index contributed by atoms with van der Waals surface area (Å²) in [5.74, 6) is -0.547. The van der Waals surface area contributed by atoms with Gasteiger partial charge in [-0.25, -0.2) is 0 Å². The number of ether oxygens (including phenoxy) is 1. The van der Waals surface area contributed by atoms with Crippen LogP contribution in [0.5, 0.6) is 0 Å². The summed E-state index contributed by atoms with van der Waals surface area (Å²) in [6.45, 7) is 0.223. The van der Waals surface area contributed by atoms with Crippen LogP contribution in [0.25, 0.3) is 0 Å². The molecule has 0 aromatic rings. The third-order valence-electron chi connectivity index (χ3n) is 1.74. The van der Waals surface area contributed by atoms with Gasteiger partial charge in [-0.05, 0) is 0 Å². The van der Waals surface area contributed by atoms with Gasteiger partial charge in [0.15, 0.2) is 0 Å². The van der Waals surface area contributed by atoms with Gasteiger partial charge in [-0.2, -0.15) is 0 Å². The van der Waals surface area contributed by atoms with Gasteiger partial charge < -0.3 is 14.9 Å². The van der Waals surface area contributed by atoms with Crippen LogP contribution in [0.1, 0.15) is 0 Å². The standard InChI is InChI=1S/C6H11NO4/c1-11-6(10)4-5(9)3(8)2-7-4/h3-5,7-9H,2H2,1H3/t3-,4+,5+/m1/s1. The zero-order valence-electron chi connectivity index (χ0n) is 6.15. The second-order valence-electron chi connectivity index (χ2n) is 2.47.